The number of fused-ring (bicyclic) bond motifs is 2. The maximum atomic E-state index is 16.0. The van der Waals surface area contributed by atoms with Crippen molar-refractivity contribution in [3.05, 3.63) is 78.5 Å². The number of hydrogen-bond donors (Lipinski definition) is 1. The van der Waals surface area contributed by atoms with E-state index in [1.54, 1.807) is 12.3 Å². The molecule has 0 spiro atoms. The first-order valence-electron chi connectivity index (χ1n) is 9.77. The topological polar surface area (TPSA) is 90.7 Å². The molecule has 0 saturated carbocycles. The molecule has 0 aliphatic heterocycles. The lowest BCUT2D eigenvalue weighted by Gasteiger charge is -2.11. The van der Waals surface area contributed by atoms with E-state index in [1.807, 2.05) is 47.8 Å². The Kier molecular flexibility index (Phi) is 4.19. The fraction of sp³-hybridized carbons (Fsp3) is 0. The van der Waals surface area contributed by atoms with Crippen molar-refractivity contribution < 1.29 is 8.81 Å². The lowest BCUT2D eigenvalue weighted by Crippen LogP contribution is -1.96. The van der Waals surface area contributed by atoms with Crippen LogP contribution in [0.1, 0.15) is 0 Å². The zero-order valence-corrected chi connectivity index (χ0v) is 17.3. The highest BCUT2D eigenvalue weighted by Gasteiger charge is 2.20. The van der Waals surface area contributed by atoms with Gasteiger partial charge < -0.3 is 10.2 Å². The number of nitrogen functional groups attached to an aromatic ring is 1. The third kappa shape index (κ3) is 2.84. The van der Waals surface area contributed by atoms with Crippen LogP contribution in [0.5, 0.6) is 0 Å². The number of oxazole rings is 1. The van der Waals surface area contributed by atoms with Gasteiger partial charge in [0.1, 0.15) is 28.8 Å². The van der Waals surface area contributed by atoms with Gasteiger partial charge in [0.25, 0.3) is 0 Å². The van der Waals surface area contributed by atoms with Crippen LogP contribution in [0.2, 0.25) is 0 Å². The number of aromatic nitrogens is 4. The molecule has 0 aliphatic rings. The molecule has 8 heteroatoms. The molecule has 154 valence electrons. The average molecular weight is 439 g/mol. The molecule has 2 N–H and O–H groups in total. The van der Waals surface area contributed by atoms with E-state index in [9.17, 15) is 0 Å². The molecule has 0 radical (unpaired) electrons. The van der Waals surface area contributed by atoms with E-state index in [0.29, 0.717) is 49.7 Å². The van der Waals surface area contributed by atoms with Crippen LogP contribution >= 0.6 is 11.3 Å². The molecule has 4 aromatic heterocycles. The molecule has 6 nitrogen and oxygen atoms in total. The number of nitrogens with two attached hydrogens (primary N) is 1. The van der Waals surface area contributed by atoms with Crippen molar-refractivity contribution in [2.75, 3.05) is 5.73 Å². The summed E-state index contributed by atoms with van der Waals surface area (Å²) in [4.78, 5) is 18.0. The number of nitrogens with zero attached hydrogens (tertiary/aromatic N) is 4. The summed E-state index contributed by atoms with van der Waals surface area (Å²) < 4.78 is 21.6. The molecule has 0 unspecified atom stereocenters. The highest BCUT2D eigenvalue weighted by atomic mass is 32.1. The highest BCUT2D eigenvalue weighted by Crippen LogP contribution is 2.40. The van der Waals surface area contributed by atoms with Gasteiger partial charge >= 0.3 is 0 Å². The van der Waals surface area contributed by atoms with Gasteiger partial charge in [-0.1, -0.05) is 42.5 Å². The van der Waals surface area contributed by atoms with Crippen LogP contribution in [0.4, 0.5) is 10.2 Å². The molecule has 2 aromatic carbocycles. The lowest BCUT2D eigenvalue weighted by molar-refractivity contribution is 0.575. The van der Waals surface area contributed by atoms with Crippen LogP contribution < -0.4 is 5.73 Å². The second kappa shape index (κ2) is 7.21. The Morgan fingerprint density at radius 2 is 1.81 bits per heavy atom. The molecular formula is C24H14FN5OS. The van der Waals surface area contributed by atoms with Crippen molar-refractivity contribution in [3.63, 3.8) is 0 Å². The summed E-state index contributed by atoms with van der Waals surface area (Å²) in [6.45, 7) is 0. The van der Waals surface area contributed by atoms with Crippen LogP contribution in [0, 0.1) is 5.82 Å². The van der Waals surface area contributed by atoms with Gasteiger partial charge in [-0.15, -0.1) is 11.3 Å². The second-order valence-corrected chi connectivity index (χ2v) is 8.03. The van der Waals surface area contributed by atoms with Crippen molar-refractivity contribution >= 4 is 38.3 Å². The largest absolute Gasteiger partial charge is 0.445 e. The predicted molar refractivity (Wildman–Crippen MR) is 123 cm³/mol. The van der Waals surface area contributed by atoms with Gasteiger partial charge in [0.15, 0.2) is 5.82 Å². The SMILES string of the molecule is Nc1ncnc2scc(-c3ccc4c(-c5ncco5)cc(-c5ccccc5)nc4c3F)c12. The van der Waals surface area contributed by atoms with Gasteiger partial charge in [0, 0.05) is 33.0 Å². The van der Waals surface area contributed by atoms with Crippen LogP contribution in [0.25, 0.3) is 55.0 Å². The zero-order valence-electron chi connectivity index (χ0n) is 16.5. The van der Waals surface area contributed by atoms with Gasteiger partial charge in [-0.3, -0.25) is 0 Å². The van der Waals surface area contributed by atoms with Crippen molar-refractivity contribution in [2.24, 2.45) is 0 Å². The Hall–Kier alpha value is -4.17. The summed E-state index contributed by atoms with van der Waals surface area (Å²) >= 11 is 1.40. The van der Waals surface area contributed by atoms with Crippen LogP contribution in [0.3, 0.4) is 0 Å². The van der Waals surface area contributed by atoms with Gasteiger partial charge in [-0.05, 0) is 6.07 Å². The Bertz CT molecular complexity index is 1600. The summed E-state index contributed by atoms with van der Waals surface area (Å²) in [6, 6.07) is 15.0. The molecular weight excluding hydrogens is 425 g/mol. The molecule has 0 bridgehead atoms. The van der Waals surface area contributed by atoms with Crippen molar-refractivity contribution in [2.45, 2.75) is 0 Å². The van der Waals surface area contributed by atoms with Crippen LogP contribution in [0.15, 0.2) is 77.1 Å². The van der Waals surface area contributed by atoms with Crippen LogP contribution in [-0.2, 0) is 0 Å². The van der Waals surface area contributed by atoms with E-state index in [2.05, 4.69) is 19.9 Å². The van der Waals surface area contributed by atoms with Crippen molar-refractivity contribution in [1.82, 2.24) is 19.9 Å². The zero-order chi connectivity index (χ0) is 21.7. The fourth-order valence-corrected chi connectivity index (χ4v) is 4.77. The van der Waals surface area contributed by atoms with E-state index in [4.69, 9.17) is 10.2 Å². The average Bonchev–Trinajstić information content (AvgIpc) is 3.51. The van der Waals surface area contributed by atoms with Gasteiger partial charge in [-0.25, -0.2) is 24.3 Å². The van der Waals surface area contributed by atoms with Crippen LogP contribution in [-0.4, -0.2) is 19.9 Å². The van der Waals surface area contributed by atoms with Gasteiger partial charge in [-0.2, -0.15) is 0 Å². The maximum absolute atomic E-state index is 16.0. The standard InChI is InChI=1S/C24H14FN5OS/c25-20-14(17-11-32-24-19(17)22(26)28-12-29-24)6-7-15-16(23-27-8-9-31-23)10-18(30-21(15)20)13-4-2-1-3-5-13/h1-12H,(H2,26,28,29). The summed E-state index contributed by atoms with van der Waals surface area (Å²) in [7, 11) is 0. The first kappa shape index (κ1) is 18.6. The molecule has 0 atom stereocenters. The molecule has 0 saturated heterocycles. The number of anilines is 1. The third-order valence-electron chi connectivity index (χ3n) is 5.34. The summed E-state index contributed by atoms with van der Waals surface area (Å²) in [5.74, 6) is 0.272. The van der Waals surface area contributed by atoms with E-state index in [0.717, 1.165) is 5.56 Å². The Labute approximate surface area is 185 Å². The van der Waals surface area contributed by atoms with Gasteiger partial charge in [0.05, 0.1) is 17.3 Å². The number of benzene rings is 2. The minimum absolute atomic E-state index is 0.229. The summed E-state index contributed by atoms with van der Waals surface area (Å²) in [6.07, 6.45) is 4.47. The second-order valence-electron chi connectivity index (χ2n) is 7.17. The smallest absolute Gasteiger partial charge is 0.226 e. The number of halogens is 1. The summed E-state index contributed by atoms with van der Waals surface area (Å²) in [5, 5.41) is 3.09. The molecule has 6 rings (SSSR count). The van der Waals surface area contributed by atoms with E-state index < -0.39 is 5.82 Å². The number of pyridine rings is 1. The predicted octanol–water partition coefficient (Wildman–Crippen LogP) is 5.95. The van der Waals surface area contributed by atoms with E-state index in [1.165, 1.54) is 23.9 Å². The monoisotopic (exact) mass is 439 g/mol. The molecule has 0 amide bonds. The lowest BCUT2D eigenvalue weighted by atomic mass is 9.99. The van der Waals surface area contributed by atoms with E-state index in [-0.39, 0.29) is 5.52 Å². The molecule has 32 heavy (non-hydrogen) atoms. The van der Waals surface area contributed by atoms with Crippen molar-refractivity contribution in [3.8, 4) is 33.8 Å². The minimum atomic E-state index is -0.448. The number of rotatable bonds is 3. The fourth-order valence-electron chi connectivity index (χ4n) is 3.85. The highest BCUT2D eigenvalue weighted by molar-refractivity contribution is 7.17. The first-order chi connectivity index (χ1) is 15.7. The molecule has 6 aromatic rings. The molecule has 0 fully saturated rings. The normalized spacial score (nSPS) is 11.4. The quantitative estimate of drug-likeness (QED) is 0.366. The molecule has 4 heterocycles. The first-order valence-corrected chi connectivity index (χ1v) is 10.7. The Morgan fingerprint density at radius 1 is 0.938 bits per heavy atom. The van der Waals surface area contributed by atoms with Crippen molar-refractivity contribution in [1.29, 1.82) is 0 Å². The minimum Gasteiger partial charge on any atom is -0.445 e. The van der Waals surface area contributed by atoms with Gasteiger partial charge in [0.2, 0.25) is 5.89 Å². The number of hydrogen-bond acceptors (Lipinski definition) is 7. The Balaban J connectivity index is 1.67. The molecule has 0 aliphatic carbocycles. The summed E-state index contributed by atoms with van der Waals surface area (Å²) in [5.41, 5.74) is 9.51. The number of thiophene rings is 1. The maximum Gasteiger partial charge on any atom is 0.226 e. The van der Waals surface area contributed by atoms with E-state index >= 15 is 4.39 Å². The third-order valence-corrected chi connectivity index (χ3v) is 6.23. The Morgan fingerprint density at radius 3 is 2.62 bits per heavy atom.